The maximum absolute atomic E-state index is 12.8. The molecule has 0 radical (unpaired) electrons. The third kappa shape index (κ3) is 7.59. The number of aromatic nitrogens is 1. The molecule has 0 bridgehead atoms. The summed E-state index contributed by atoms with van der Waals surface area (Å²) in [6.45, 7) is 7.84. The van der Waals surface area contributed by atoms with E-state index in [4.69, 9.17) is 4.74 Å². The Bertz CT molecular complexity index is 1050. The molecule has 1 heterocycles. The molecule has 0 aliphatic heterocycles. The summed E-state index contributed by atoms with van der Waals surface area (Å²) >= 11 is 1.31. The molecular weight excluding hydrogens is 460 g/mol. The Morgan fingerprint density at radius 2 is 1.77 bits per heavy atom. The van der Waals surface area contributed by atoms with E-state index in [2.05, 4.69) is 11.9 Å². The van der Waals surface area contributed by atoms with Gasteiger partial charge in [-0.2, -0.15) is 0 Å². The molecule has 1 aromatic heterocycles. The summed E-state index contributed by atoms with van der Waals surface area (Å²) in [7, 11) is 0. The number of hydrogen-bond donors (Lipinski definition) is 1. The summed E-state index contributed by atoms with van der Waals surface area (Å²) in [6, 6.07) is 9.09. The number of allylic oxidation sites excluding steroid dienone is 1. The molecule has 0 unspecified atom stereocenters. The normalized spacial score (nSPS) is 14.6. The number of thioether (sulfide) groups is 1. The van der Waals surface area contributed by atoms with E-state index >= 15 is 0 Å². The summed E-state index contributed by atoms with van der Waals surface area (Å²) in [5, 5.41) is 3.16. The van der Waals surface area contributed by atoms with Crippen molar-refractivity contribution in [3.63, 3.8) is 0 Å². The van der Waals surface area contributed by atoms with Gasteiger partial charge >= 0.3 is 5.97 Å². The molecule has 1 N–H and O–H groups in total. The van der Waals surface area contributed by atoms with Gasteiger partial charge < -0.3 is 14.6 Å². The monoisotopic (exact) mass is 496 g/mol. The van der Waals surface area contributed by atoms with E-state index in [0.29, 0.717) is 22.6 Å². The number of ketones is 1. The van der Waals surface area contributed by atoms with Crippen molar-refractivity contribution < 1.29 is 19.1 Å². The number of Topliss-reactive ketones (excluding diaryl/α,β-unsaturated/α-hetero) is 1. The topological polar surface area (TPSA) is 77.4 Å². The Kier molecular flexibility index (Phi) is 10.2. The predicted molar refractivity (Wildman–Crippen MR) is 140 cm³/mol. The zero-order valence-corrected chi connectivity index (χ0v) is 21.6. The zero-order valence-electron chi connectivity index (χ0n) is 20.8. The van der Waals surface area contributed by atoms with Gasteiger partial charge in [-0.3, -0.25) is 9.59 Å². The number of esters is 1. The molecule has 1 saturated carbocycles. The van der Waals surface area contributed by atoms with Crippen LogP contribution in [0.5, 0.6) is 0 Å². The van der Waals surface area contributed by atoms with Gasteiger partial charge in [0.05, 0.1) is 11.3 Å². The Labute approximate surface area is 212 Å². The first-order chi connectivity index (χ1) is 16.9. The molecular formula is C28H36N2O4S. The van der Waals surface area contributed by atoms with Crippen molar-refractivity contribution in [2.45, 2.75) is 76.3 Å². The number of nitrogens with zero attached hydrogens (tertiary/aromatic N) is 1. The molecule has 6 nitrogen and oxygen atoms in total. The standard InChI is InChI=1S/C28H36N2O4S/c1-4-16-30-20(2)17-24(21(30)3)25(31)18-34-28(33)23-14-10-11-15-26(23)35-19-27(32)29-22-12-8-6-5-7-9-13-22/h4,10-11,14-15,17,22H,1,5-9,12-13,16,18-19H2,2-3H3,(H,29,32). The van der Waals surface area contributed by atoms with Gasteiger partial charge in [0.15, 0.2) is 6.61 Å². The van der Waals surface area contributed by atoms with Crippen molar-refractivity contribution in [1.82, 2.24) is 9.88 Å². The number of hydrogen-bond acceptors (Lipinski definition) is 5. The van der Waals surface area contributed by atoms with Crippen molar-refractivity contribution >= 4 is 29.4 Å². The molecule has 0 saturated heterocycles. The second-order valence-electron chi connectivity index (χ2n) is 9.08. The minimum atomic E-state index is -0.568. The number of ether oxygens (including phenoxy) is 1. The van der Waals surface area contributed by atoms with Crippen LogP contribution in [0, 0.1) is 13.8 Å². The minimum absolute atomic E-state index is 0.0196. The van der Waals surface area contributed by atoms with Crippen molar-refractivity contribution in [2.75, 3.05) is 12.4 Å². The second kappa shape index (κ2) is 13.3. The minimum Gasteiger partial charge on any atom is -0.454 e. The van der Waals surface area contributed by atoms with Gasteiger partial charge in [-0.1, -0.05) is 50.3 Å². The van der Waals surface area contributed by atoms with Crippen LogP contribution in [0.1, 0.15) is 77.0 Å². The lowest BCUT2D eigenvalue weighted by Gasteiger charge is -2.21. The molecule has 3 rings (SSSR count). The number of nitrogens with one attached hydrogen (secondary N) is 1. The highest BCUT2D eigenvalue weighted by Gasteiger charge is 2.20. The van der Waals surface area contributed by atoms with Gasteiger partial charge in [-0.15, -0.1) is 18.3 Å². The number of amides is 1. The molecule has 0 atom stereocenters. The van der Waals surface area contributed by atoms with Gasteiger partial charge in [-0.05, 0) is 44.9 Å². The summed E-state index contributed by atoms with van der Waals surface area (Å²) in [5.41, 5.74) is 2.69. The van der Waals surface area contributed by atoms with E-state index < -0.39 is 5.97 Å². The molecule has 1 aliphatic rings. The van der Waals surface area contributed by atoms with Crippen LogP contribution in [0.3, 0.4) is 0 Å². The highest BCUT2D eigenvalue weighted by molar-refractivity contribution is 8.00. The van der Waals surface area contributed by atoms with Crippen molar-refractivity contribution in [3.05, 3.63) is 65.5 Å². The first kappa shape index (κ1) is 26.8. The fraction of sp³-hybridized carbons (Fsp3) is 0.464. The Morgan fingerprint density at radius 3 is 2.49 bits per heavy atom. The molecule has 188 valence electrons. The smallest absolute Gasteiger partial charge is 0.339 e. The van der Waals surface area contributed by atoms with E-state index in [0.717, 1.165) is 37.1 Å². The largest absolute Gasteiger partial charge is 0.454 e. The van der Waals surface area contributed by atoms with E-state index in [1.54, 1.807) is 24.3 Å². The summed E-state index contributed by atoms with van der Waals surface area (Å²) in [5.74, 6) is -0.601. The van der Waals surface area contributed by atoms with Crippen molar-refractivity contribution in [3.8, 4) is 0 Å². The fourth-order valence-electron chi connectivity index (χ4n) is 4.55. The number of rotatable bonds is 10. The quantitative estimate of drug-likeness (QED) is 0.199. The predicted octanol–water partition coefficient (Wildman–Crippen LogP) is 5.65. The average molecular weight is 497 g/mol. The molecule has 0 spiro atoms. The average Bonchev–Trinajstić information content (AvgIpc) is 3.11. The lowest BCUT2D eigenvalue weighted by atomic mass is 9.97. The third-order valence-corrected chi connectivity index (χ3v) is 7.53. The number of aryl methyl sites for hydroxylation is 1. The first-order valence-corrected chi connectivity index (χ1v) is 13.4. The first-order valence-electron chi connectivity index (χ1n) is 12.4. The van der Waals surface area contributed by atoms with Gasteiger partial charge in [0.25, 0.3) is 0 Å². The van der Waals surface area contributed by atoms with Gasteiger partial charge in [-0.25, -0.2) is 4.79 Å². The van der Waals surface area contributed by atoms with Gasteiger partial charge in [0.1, 0.15) is 0 Å². The lowest BCUT2D eigenvalue weighted by molar-refractivity contribution is -0.119. The SMILES string of the molecule is C=CCn1c(C)cc(C(=O)COC(=O)c2ccccc2SCC(=O)NC2CCCCCCC2)c1C. The number of carbonyl (C=O) groups excluding carboxylic acids is 3. The van der Waals surface area contributed by atoms with Gasteiger partial charge in [0, 0.05) is 34.4 Å². The molecule has 1 aliphatic carbocycles. The van der Waals surface area contributed by atoms with E-state index in [1.807, 2.05) is 30.5 Å². The van der Waals surface area contributed by atoms with Crippen LogP contribution in [0.15, 0.2) is 47.9 Å². The summed E-state index contributed by atoms with van der Waals surface area (Å²) in [4.78, 5) is 38.7. The van der Waals surface area contributed by atoms with E-state index in [9.17, 15) is 14.4 Å². The fourth-order valence-corrected chi connectivity index (χ4v) is 5.41. The second-order valence-corrected chi connectivity index (χ2v) is 10.1. The van der Waals surface area contributed by atoms with Gasteiger partial charge in [0.2, 0.25) is 11.7 Å². The highest BCUT2D eigenvalue weighted by Crippen LogP contribution is 2.24. The van der Waals surface area contributed by atoms with Crippen LogP contribution in [0.25, 0.3) is 0 Å². The number of benzene rings is 1. The third-order valence-electron chi connectivity index (χ3n) is 6.46. The molecule has 1 fully saturated rings. The molecule has 1 amide bonds. The summed E-state index contributed by atoms with van der Waals surface area (Å²) in [6.07, 6.45) is 9.91. The van der Waals surface area contributed by atoms with E-state index in [1.165, 1.54) is 31.0 Å². The van der Waals surface area contributed by atoms with Crippen LogP contribution in [-0.2, 0) is 16.1 Å². The Hall–Kier alpha value is -2.80. The maximum atomic E-state index is 12.8. The van der Waals surface area contributed by atoms with Crippen LogP contribution in [-0.4, -0.2) is 40.6 Å². The van der Waals surface area contributed by atoms with Crippen LogP contribution < -0.4 is 5.32 Å². The van der Waals surface area contributed by atoms with E-state index in [-0.39, 0.29) is 30.1 Å². The van der Waals surface area contributed by atoms with Crippen LogP contribution >= 0.6 is 11.8 Å². The Morgan fingerprint density at radius 1 is 1.09 bits per heavy atom. The molecule has 35 heavy (non-hydrogen) atoms. The molecule has 2 aromatic rings. The highest BCUT2D eigenvalue weighted by atomic mass is 32.2. The van der Waals surface area contributed by atoms with Crippen LogP contribution in [0.2, 0.25) is 0 Å². The molecule has 1 aromatic carbocycles. The zero-order chi connectivity index (χ0) is 25.2. The Balaban J connectivity index is 1.55. The summed E-state index contributed by atoms with van der Waals surface area (Å²) < 4.78 is 7.37. The maximum Gasteiger partial charge on any atom is 0.339 e. The number of carbonyl (C=O) groups is 3. The van der Waals surface area contributed by atoms with Crippen molar-refractivity contribution in [1.29, 1.82) is 0 Å². The molecule has 7 heteroatoms. The van der Waals surface area contributed by atoms with Crippen LogP contribution in [0.4, 0.5) is 0 Å². The van der Waals surface area contributed by atoms with Crippen molar-refractivity contribution in [2.24, 2.45) is 0 Å². The lowest BCUT2D eigenvalue weighted by Crippen LogP contribution is -2.36.